The van der Waals surface area contributed by atoms with Crippen LogP contribution in [0.25, 0.3) is 0 Å². The fraction of sp³-hybridized carbons (Fsp3) is 0.692. The van der Waals surface area contributed by atoms with E-state index < -0.39 is 0 Å². The van der Waals surface area contributed by atoms with Gasteiger partial charge < -0.3 is 9.47 Å². The van der Waals surface area contributed by atoms with Crippen molar-refractivity contribution in [3.8, 4) is 0 Å². The second-order valence-corrected chi connectivity index (χ2v) is 5.26. The maximum Gasteiger partial charge on any atom is 0.240 e. The number of rotatable bonds is 2. The highest BCUT2D eigenvalue weighted by atomic mass is 16.2. The third kappa shape index (κ3) is 2.03. The minimum absolute atomic E-state index is 0.0296. The SMILES string of the molecule is C[C@@H](C(=O)N1CCn2cncc2C1)N1CCCC1. The van der Waals surface area contributed by atoms with Gasteiger partial charge in [0.15, 0.2) is 0 Å². The highest BCUT2D eigenvalue weighted by Gasteiger charge is 2.29. The van der Waals surface area contributed by atoms with Crippen LogP contribution < -0.4 is 0 Å². The lowest BCUT2D eigenvalue weighted by Gasteiger charge is -2.33. The molecule has 18 heavy (non-hydrogen) atoms. The lowest BCUT2D eigenvalue weighted by molar-refractivity contribution is -0.137. The first kappa shape index (κ1) is 11.7. The average Bonchev–Trinajstić information content (AvgIpc) is 3.06. The molecule has 1 amide bonds. The molecule has 0 saturated carbocycles. The number of nitrogens with zero attached hydrogens (tertiary/aromatic N) is 4. The molecule has 0 radical (unpaired) electrons. The van der Waals surface area contributed by atoms with E-state index in [0.717, 1.165) is 31.9 Å². The predicted octanol–water partition coefficient (Wildman–Crippen LogP) is 0.710. The maximum absolute atomic E-state index is 12.5. The van der Waals surface area contributed by atoms with Crippen molar-refractivity contribution < 1.29 is 4.79 Å². The van der Waals surface area contributed by atoms with Gasteiger partial charge in [0.2, 0.25) is 5.91 Å². The number of carbonyl (C=O) groups excluding carboxylic acids is 1. The monoisotopic (exact) mass is 248 g/mol. The Morgan fingerprint density at radius 3 is 2.83 bits per heavy atom. The van der Waals surface area contributed by atoms with Crippen LogP contribution in [0.5, 0.6) is 0 Å². The molecule has 98 valence electrons. The number of amides is 1. The summed E-state index contributed by atoms with van der Waals surface area (Å²) >= 11 is 0. The van der Waals surface area contributed by atoms with Crippen LogP contribution in [0, 0.1) is 0 Å². The van der Waals surface area contributed by atoms with Gasteiger partial charge in [-0.15, -0.1) is 0 Å². The lowest BCUT2D eigenvalue weighted by Crippen LogP contribution is -2.48. The number of carbonyl (C=O) groups is 1. The second-order valence-electron chi connectivity index (χ2n) is 5.26. The van der Waals surface area contributed by atoms with Crippen LogP contribution in [0.3, 0.4) is 0 Å². The molecule has 0 bridgehead atoms. The average molecular weight is 248 g/mol. The van der Waals surface area contributed by atoms with Gasteiger partial charge in [0, 0.05) is 19.3 Å². The van der Waals surface area contributed by atoms with Crippen LogP contribution in [0.15, 0.2) is 12.5 Å². The maximum atomic E-state index is 12.5. The zero-order valence-electron chi connectivity index (χ0n) is 10.9. The summed E-state index contributed by atoms with van der Waals surface area (Å²) in [5.74, 6) is 0.268. The van der Waals surface area contributed by atoms with Gasteiger partial charge in [-0.25, -0.2) is 4.98 Å². The Hall–Kier alpha value is -1.36. The topological polar surface area (TPSA) is 41.4 Å². The first-order chi connectivity index (χ1) is 8.75. The molecule has 2 aliphatic heterocycles. The Labute approximate surface area is 107 Å². The Balaban J connectivity index is 1.66. The van der Waals surface area contributed by atoms with Crippen LogP contribution in [0.1, 0.15) is 25.5 Å². The van der Waals surface area contributed by atoms with Gasteiger partial charge in [-0.3, -0.25) is 9.69 Å². The summed E-state index contributed by atoms with van der Waals surface area (Å²) in [4.78, 5) is 20.9. The summed E-state index contributed by atoms with van der Waals surface area (Å²) in [5, 5.41) is 0. The molecule has 0 spiro atoms. The predicted molar refractivity (Wildman–Crippen MR) is 67.9 cm³/mol. The fourth-order valence-corrected chi connectivity index (χ4v) is 2.92. The molecule has 0 N–H and O–H groups in total. The van der Waals surface area contributed by atoms with Gasteiger partial charge in [0.25, 0.3) is 0 Å². The van der Waals surface area contributed by atoms with Crippen molar-refractivity contribution >= 4 is 5.91 Å². The van der Waals surface area contributed by atoms with E-state index in [0.29, 0.717) is 6.54 Å². The third-order valence-corrected chi connectivity index (χ3v) is 4.12. The fourth-order valence-electron chi connectivity index (χ4n) is 2.92. The molecule has 0 aliphatic carbocycles. The summed E-state index contributed by atoms with van der Waals surface area (Å²) in [5.41, 5.74) is 1.14. The number of hydrogen-bond donors (Lipinski definition) is 0. The van der Waals surface area contributed by atoms with Crippen LogP contribution in [0.2, 0.25) is 0 Å². The molecule has 5 nitrogen and oxygen atoms in total. The van der Waals surface area contributed by atoms with Gasteiger partial charge in [-0.2, -0.15) is 0 Å². The van der Waals surface area contributed by atoms with Crippen molar-refractivity contribution in [3.63, 3.8) is 0 Å². The lowest BCUT2D eigenvalue weighted by atomic mass is 10.2. The van der Waals surface area contributed by atoms with Crippen LogP contribution >= 0.6 is 0 Å². The summed E-state index contributed by atoms with van der Waals surface area (Å²) in [7, 11) is 0. The third-order valence-electron chi connectivity index (χ3n) is 4.12. The largest absolute Gasteiger partial charge is 0.334 e. The number of likely N-dealkylation sites (tertiary alicyclic amines) is 1. The highest BCUT2D eigenvalue weighted by molar-refractivity contribution is 5.81. The summed E-state index contributed by atoms with van der Waals surface area (Å²) in [6, 6.07) is 0.0296. The van der Waals surface area contributed by atoms with E-state index in [1.165, 1.54) is 12.8 Å². The number of hydrogen-bond acceptors (Lipinski definition) is 3. The standard InChI is InChI=1S/C13H20N4O/c1-11(15-4-2-3-5-15)13(18)16-6-7-17-10-14-8-12(17)9-16/h8,10-11H,2-7,9H2,1H3/t11-/m0/s1. The molecule has 1 saturated heterocycles. The summed E-state index contributed by atoms with van der Waals surface area (Å²) < 4.78 is 2.13. The number of aromatic nitrogens is 2. The first-order valence-corrected chi connectivity index (χ1v) is 6.77. The smallest absolute Gasteiger partial charge is 0.240 e. The molecular weight excluding hydrogens is 228 g/mol. The second kappa shape index (κ2) is 4.72. The molecule has 0 unspecified atom stereocenters. The Morgan fingerprint density at radius 1 is 1.28 bits per heavy atom. The van der Waals surface area contributed by atoms with E-state index in [2.05, 4.69) is 14.5 Å². The summed E-state index contributed by atoms with van der Waals surface area (Å²) in [6.07, 6.45) is 6.16. The van der Waals surface area contributed by atoms with Gasteiger partial charge in [0.05, 0.1) is 24.6 Å². The van der Waals surface area contributed by atoms with E-state index in [-0.39, 0.29) is 11.9 Å². The van der Waals surface area contributed by atoms with Crippen molar-refractivity contribution in [2.24, 2.45) is 0 Å². The van der Waals surface area contributed by atoms with Gasteiger partial charge in [0.1, 0.15) is 0 Å². The minimum atomic E-state index is 0.0296. The van der Waals surface area contributed by atoms with Crippen molar-refractivity contribution in [1.82, 2.24) is 19.4 Å². The normalized spacial score (nSPS) is 21.9. The van der Waals surface area contributed by atoms with Crippen LogP contribution in [-0.4, -0.2) is 50.9 Å². The first-order valence-electron chi connectivity index (χ1n) is 6.77. The van der Waals surface area contributed by atoms with Crippen molar-refractivity contribution in [2.45, 2.75) is 38.9 Å². The zero-order valence-corrected chi connectivity index (χ0v) is 10.9. The van der Waals surface area contributed by atoms with E-state index in [4.69, 9.17) is 0 Å². The molecule has 2 aliphatic rings. The molecule has 1 aromatic rings. The van der Waals surface area contributed by atoms with E-state index in [1.807, 2.05) is 24.3 Å². The molecule has 3 rings (SSSR count). The minimum Gasteiger partial charge on any atom is -0.334 e. The zero-order chi connectivity index (χ0) is 12.5. The van der Waals surface area contributed by atoms with Crippen molar-refractivity contribution in [3.05, 3.63) is 18.2 Å². The van der Waals surface area contributed by atoms with E-state index >= 15 is 0 Å². The quantitative estimate of drug-likeness (QED) is 0.774. The van der Waals surface area contributed by atoms with E-state index in [1.54, 1.807) is 0 Å². The molecule has 1 aromatic heterocycles. The Morgan fingerprint density at radius 2 is 2.06 bits per heavy atom. The van der Waals surface area contributed by atoms with Gasteiger partial charge >= 0.3 is 0 Å². The van der Waals surface area contributed by atoms with Gasteiger partial charge in [-0.1, -0.05) is 0 Å². The molecule has 5 heteroatoms. The molecule has 1 fully saturated rings. The van der Waals surface area contributed by atoms with E-state index in [9.17, 15) is 4.79 Å². The molecule has 3 heterocycles. The number of fused-ring (bicyclic) bond motifs is 1. The Bertz CT molecular complexity index is 436. The van der Waals surface area contributed by atoms with Gasteiger partial charge in [-0.05, 0) is 32.9 Å². The molecule has 0 aromatic carbocycles. The highest BCUT2D eigenvalue weighted by Crippen LogP contribution is 2.17. The molecule has 1 atom stereocenters. The van der Waals surface area contributed by atoms with Crippen LogP contribution in [0.4, 0.5) is 0 Å². The van der Waals surface area contributed by atoms with Crippen LogP contribution in [-0.2, 0) is 17.9 Å². The van der Waals surface area contributed by atoms with Crippen molar-refractivity contribution in [1.29, 1.82) is 0 Å². The summed E-state index contributed by atoms with van der Waals surface area (Å²) in [6.45, 7) is 6.56. The van der Waals surface area contributed by atoms with Crippen molar-refractivity contribution in [2.75, 3.05) is 19.6 Å². The Kier molecular flexibility index (Phi) is 3.07. The molecular formula is C13H20N4O. The number of imidazole rings is 1.